The molecule has 0 bridgehead atoms. The van der Waals surface area contributed by atoms with Gasteiger partial charge in [-0.3, -0.25) is 0 Å². The Morgan fingerprint density at radius 2 is 2.00 bits per heavy atom. The molecule has 1 N–H and O–H groups in total. The van der Waals surface area contributed by atoms with Gasteiger partial charge in [-0.1, -0.05) is 0 Å². The Balaban J connectivity index is 3.85. The summed E-state index contributed by atoms with van der Waals surface area (Å²) in [6.07, 6.45) is 0. The Hall–Kier alpha value is 0.545. The third-order valence-electron chi connectivity index (χ3n) is 0. The summed E-state index contributed by atoms with van der Waals surface area (Å²) in [5.74, 6) is 0. The molecule has 0 aromatic heterocycles. The molecule has 0 aliphatic heterocycles. The van der Waals surface area contributed by atoms with Crippen molar-refractivity contribution in [2.75, 3.05) is 0 Å². The quantitative estimate of drug-likeness (QED) is 0.334. The van der Waals surface area contributed by atoms with Gasteiger partial charge in [0.1, 0.15) is 0 Å². The molecule has 1 nitrogen and oxygen atoms in total. The predicted octanol–water partition coefficient (Wildman–Crippen LogP) is 0.219. The summed E-state index contributed by atoms with van der Waals surface area (Å²) in [6.45, 7) is 4.61. The fourth-order valence-corrected chi connectivity index (χ4v) is 0. The standard InChI is InChI=1S/BH2OPS/c1-4(2)3/h2-3H. The predicted molar refractivity (Wildman–Crippen MR) is 24.1 cm³/mol. The van der Waals surface area contributed by atoms with Crippen LogP contribution in [0.4, 0.5) is 0 Å². The van der Waals surface area contributed by atoms with E-state index in [0.29, 0.717) is 0 Å². The van der Waals surface area contributed by atoms with E-state index in [2.05, 4.69) is 14.5 Å². The molecule has 0 saturated carbocycles. The summed E-state index contributed by atoms with van der Waals surface area (Å²) in [5, 5.41) is 0. The van der Waals surface area contributed by atoms with Crippen LogP contribution in [0.2, 0.25) is 0 Å². The van der Waals surface area contributed by atoms with E-state index in [0.717, 1.165) is 0 Å². The van der Waals surface area contributed by atoms with Crippen molar-refractivity contribution in [1.29, 1.82) is 0 Å². The van der Waals surface area contributed by atoms with E-state index in [1.54, 1.807) is 0 Å². The number of hydrogen-bond donors (Lipinski definition) is 1. The van der Waals surface area contributed by atoms with E-state index in [4.69, 9.17) is 4.55 Å². The average molecular weight is 91.9 g/mol. The summed E-state index contributed by atoms with van der Waals surface area (Å²) >= 11 is 0. The Kier molecular flexibility index (Phi) is 2.08. The molecule has 0 aromatic rings. The van der Waals surface area contributed by atoms with Crippen molar-refractivity contribution in [3.8, 4) is 0 Å². The first-order chi connectivity index (χ1) is 1.73. The van der Waals surface area contributed by atoms with Crippen molar-refractivity contribution in [3.05, 3.63) is 0 Å². The fourth-order valence-electron chi connectivity index (χ4n) is 0. The second-order valence-corrected chi connectivity index (χ2v) is 2.20. The molecular formula is H2BOPS. The second kappa shape index (κ2) is 1.83. The van der Waals surface area contributed by atoms with Gasteiger partial charge in [0.2, 0.25) is 0 Å². The third-order valence-corrected chi connectivity index (χ3v) is 0. The number of rotatable bonds is 0. The second-order valence-electron chi connectivity index (χ2n) is 0.315. The van der Waals surface area contributed by atoms with Gasteiger partial charge in [0.15, 0.2) is 0 Å². The maximum absolute atomic E-state index is 7.77. The van der Waals surface area contributed by atoms with Crippen LogP contribution in [0.5, 0.6) is 0 Å². The third kappa shape index (κ3) is 20.5. The number of hydrogen-bond acceptors (Lipinski definition) is 0. The van der Waals surface area contributed by atoms with Gasteiger partial charge in [-0.25, -0.2) is 0 Å². The van der Waals surface area contributed by atoms with Crippen LogP contribution < -0.4 is 0 Å². The molecule has 0 aromatic carbocycles. The van der Waals surface area contributed by atoms with Crippen LogP contribution in [0, 0.1) is 0 Å². The molecule has 0 saturated heterocycles. The van der Waals surface area contributed by atoms with Crippen molar-refractivity contribution >= 4 is 24.1 Å². The van der Waals surface area contributed by atoms with Crippen LogP contribution in [-0.4, -0.2) is 11.1 Å². The molecule has 0 amide bonds. The fraction of sp³-hybridized carbons (Fsp3) is 0. The molecule has 0 heterocycles. The van der Waals surface area contributed by atoms with Crippen molar-refractivity contribution in [2.45, 2.75) is 0 Å². The van der Waals surface area contributed by atoms with Gasteiger partial charge in [-0.15, -0.1) is 0 Å². The van der Waals surface area contributed by atoms with Crippen LogP contribution >= 0.6 is 8.02 Å². The van der Waals surface area contributed by atoms with Gasteiger partial charge >= 0.3 is 28.7 Å². The molecule has 0 aliphatic carbocycles. The molecule has 0 spiro atoms. The molecule has 0 atom stereocenters. The van der Waals surface area contributed by atoms with E-state index in [-0.39, 0.29) is 0 Å². The zero-order chi connectivity index (χ0) is 3.58. The van der Waals surface area contributed by atoms with Gasteiger partial charge in [0, 0.05) is 0 Å². The normalized spacial score (nSPS) is 6.75. The topological polar surface area (TPSA) is 20.2 Å². The first kappa shape index (κ1) is 4.54. The van der Waals surface area contributed by atoms with Crippen molar-refractivity contribution in [2.24, 2.45) is 0 Å². The van der Waals surface area contributed by atoms with E-state index >= 15 is 0 Å². The SMILES string of the molecule is B#S(O)=P. The molecule has 0 rings (SSSR count). The molecule has 4 heavy (non-hydrogen) atoms. The Morgan fingerprint density at radius 1 is 2.00 bits per heavy atom. The molecule has 22 valence electrons. The summed E-state index contributed by atoms with van der Waals surface area (Å²) in [5.41, 5.74) is 0. The van der Waals surface area contributed by atoms with Gasteiger partial charge in [-0.05, 0) is 0 Å². The van der Waals surface area contributed by atoms with Crippen LogP contribution in [-0.2, 0) is 9.59 Å². The Bertz CT molecular complexity index is 98.2. The first-order valence-corrected chi connectivity index (χ1v) is 3.09. The van der Waals surface area contributed by atoms with Crippen molar-refractivity contribution < 1.29 is 4.55 Å². The minimum absolute atomic E-state index is 1.06. The molecular weight excluding hydrogens is 89.9 g/mol. The maximum atomic E-state index is 7.77. The van der Waals surface area contributed by atoms with Gasteiger partial charge < -0.3 is 0 Å². The molecule has 0 radical (unpaired) electrons. The Labute approximate surface area is 29.5 Å². The molecule has 0 aliphatic rings. The van der Waals surface area contributed by atoms with Gasteiger partial charge in [0.05, 0.1) is 0 Å². The van der Waals surface area contributed by atoms with E-state index in [1.165, 1.54) is 0 Å². The van der Waals surface area contributed by atoms with Crippen LogP contribution in [0.25, 0.3) is 0 Å². The summed E-state index contributed by atoms with van der Waals surface area (Å²) < 4.78 is 7.77. The van der Waals surface area contributed by atoms with Crippen LogP contribution in [0.1, 0.15) is 0 Å². The van der Waals surface area contributed by atoms with Crippen LogP contribution in [0.15, 0.2) is 0 Å². The minimum atomic E-state index is -1.06. The van der Waals surface area contributed by atoms with E-state index in [1.807, 2.05) is 0 Å². The zero-order valence-electron chi connectivity index (χ0n) is 1.93. The monoisotopic (exact) mass is 92.0 g/mol. The van der Waals surface area contributed by atoms with Crippen molar-refractivity contribution in [3.63, 3.8) is 0 Å². The first-order valence-electron chi connectivity index (χ1n) is 0.622. The van der Waals surface area contributed by atoms with Gasteiger partial charge in [-0.2, -0.15) is 0 Å². The van der Waals surface area contributed by atoms with Crippen molar-refractivity contribution in [1.82, 2.24) is 0 Å². The summed E-state index contributed by atoms with van der Waals surface area (Å²) in [7, 11) is 1.62. The van der Waals surface area contributed by atoms with Crippen LogP contribution in [0.3, 0.4) is 0 Å². The van der Waals surface area contributed by atoms with Gasteiger partial charge in [0.25, 0.3) is 0 Å². The summed E-state index contributed by atoms with van der Waals surface area (Å²) in [6, 6.07) is 0. The molecule has 0 fully saturated rings. The molecule has 0 unspecified atom stereocenters. The molecule has 4 heteroatoms. The zero-order valence-corrected chi connectivity index (χ0v) is 3.75. The average Bonchev–Trinajstić information content (AvgIpc) is 0.811. The van der Waals surface area contributed by atoms with E-state index in [9.17, 15) is 0 Å². The van der Waals surface area contributed by atoms with E-state index < -0.39 is 9.59 Å². The Morgan fingerprint density at radius 3 is 2.00 bits per heavy atom. The summed E-state index contributed by atoms with van der Waals surface area (Å²) in [4.78, 5) is 0.